The molecular weight excluding hydrogens is 274 g/mol. The van der Waals surface area contributed by atoms with Crippen LogP contribution in [-0.2, 0) is 0 Å². The first-order valence-corrected chi connectivity index (χ1v) is 6.82. The molecule has 3 aromatic rings. The lowest BCUT2D eigenvalue weighted by Gasteiger charge is -2.03. The van der Waals surface area contributed by atoms with Gasteiger partial charge in [0.25, 0.3) is 0 Å². The lowest BCUT2D eigenvalue weighted by molar-refractivity contribution is 1.15. The maximum atomic E-state index is 5.75. The van der Waals surface area contributed by atoms with Crippen LogP contribution in [0.3, 0.4) is 0 Å². The Morgan fingerprint density at radius 3 is 2.45 bits per heavy atom. The molecule has 1 aromatic carbocycles. The minimum atomic E-state index is 0.536. The molecular formula is C17H15N5. The highest BCUT2D eigenvalue weighted by molar-refractivity contribution is 5.70. The number of hydrogen-bond acceptors (Lipinski definition) is 5. The average molecular weight is 289 g/mol. The molecule has 0 aliphatic heterocycles. The Morgan fingerprint density at radius 1 is 0.909 bits per heavy atom. The van der Waals surface area contributed by atoms with Crippen LogP contribution in [0.5, 0.6) is 0 Å². The van der Waals surface area contributed by atoms with Crippen LogP contribution in [0, 0.1) is 0 Å². The topological polar surface area (TPSA) is 76.7 Å². The number of rotatable bonds is 4. The lowest BCUT2D eigenvalue weighted by atomic mass is 10.1. The summed E-state index contributed by atoms with van der Waals surface area (Å²) in [6.07, 6.45) is 10.9. The van der Waals surface area contributed by atoms with Gasteiger partial charge in [-0.25, -0.2) is 9.97 Å². The van der Waals surface area contributed by atoms with Crippen LogP contribution in [0.15, 0.2) is 61.2 Å². The van der Waals surface area contributed by atoms with Gasteiger partial charge in [-0.3, -0.25) is 4.98 Å². The second kappa shape index (κ2) is 6.49. The van der Waals surface area contributed by atoms with E-state index < -0.39 is 0 Å². The zero-order valence-electron chi connectivity index (χ0n) is 11.8. The van der Waals surface area contributed by atoms with Crippen molar-refractivity contribution in [2.24, 2.45) is 0 Å². The predicted molar refractivity (Wildman–Crippen MR) is 89.3 cm³/mol. The van der Waals surface area contributed by atoms with Gasteiger partial charge in [-0.05, 0) is 29.8 Å². The number of nitrogens with zero attached hydrogens (tertiary/aromatic N) is 3. The molecule has 0 aliphatic carbocycles. The zero-order valence-corrected chi connectivity index (χ0v) is 11.8. The molecule has 2 heterocycles. The number of anilines is 3. The molecule has 108 valence electrons. The summed E-state index contributed by atoms with van der Waals surface area (Å²) in [5, 5.41) is 3.09. The van der Waals surface area contributed by atoms with Crippen molar-refractivity contribution in [2.75, 3.05) is 11.1 Å². The lowest BCUT2D eigenvalue weighted by Crippen LogP contribution is -1.96. The highest BCUT2D eigenvalue weighted by Gasteiger charge is 1.97. The van der Waals surface area contributed by atoms with Gasteiger partial charge in [-0.1, -0.05) is 24.3 Å². The van der Waals surface area contributed by atoms with Gasteiger partial charge in [0.2, 0.25) is 5.95 Å². The Labute approximate surface area is 128 Å². The van der Waals surface area contributed by atoms with E-state index in [1.807, 2.05) is 48.6 Å². The molecule has 0 saturated heterocycles. The average Bonchev–Trinajstić information content (AvgIpc) is 2.55. The van der Waals surface area contributed by atoms with E-state index in [-0.39, 0.29) is 0 Å². The predicted octanol–water partition coefficient (Wildman–Crippen LogP) is 3.37. The Bertz CT molecular complexity index is 767. The Kier molecular flexibility index (Phi) is 4.06. The number of benzene rings is 1. The third-order valence-electron chi connectivity index (χ3n) is 2.97. The van der Waals surface area contributed by atoms with Crippen LogP contribution < -0.4 is 11.1 Å². The first-order valence-electron chi connectivity index (χ1n) is 6.82. The second-order valence-corrected chi connectivity index (χ2v) is 4.71. The Balaban J connectivity index is 1.69. The fourth-order valence-corrected chi connectivity index (χ4v) is 1.91. The van der Waals surface area contributed by atoms with E-state index in [9.17, 15) is 0 Å². The third kappa shape index (κ3) is 3.67. The van der Waals surface area contributed by atoms with Gasteiger partial charge >= 0.3 is 0 Å². The van der Waals surface area contributed by atoms with E-state index >= 15 is 0 Å². The Hall–Kier alpha value is -3.21. The number of aromatic nitrogens is 3. The SMILES string of the molecule is Nc1cccc(/C=C/c2cnc(Nc3cccnc3)nc2)c1. The molecule has 3 N–H and O–H groups in total. The quantitative estimate of drug-likeness (QED) is 0.720. The van der Waals surface area contributed by atoms with Gasteiger partial charge < -0.3 is 11.1 Å². The number of nitrogens with one attached hydrogen (secondary N) is 1. The van der Waals surface area contributed by atoms with Gasteiger partial charge in [-0.2, -0.15) is 0 Å². The summed E-state index contributed by atoms with van der Waals surface area (Å²) in [7, 11) is 0. The summed E-state index contributed by atoms with van der Waals surface area (Å²) in [5.74, 6) is 0.536. The molecule has 2 aromatic heterocycles. The van der Waals surface area contributed by atoms with Crippen molar-refractivity contribution in [3.63, 3.8) is 0 Å². The highest BCUT2D eigenvalue weighted by Crippen LogP contribution is 2.13. The van der Waals surface area contributed by atoms with Crippen molar-refractivity contribution >= 4 is 29.5 Å². The van der Waals surface area contributed by atoms with E-state index in [0.717, 1.165) is 22.5 Å². The number of nitrogen functional groups attached to an aromatic ring is 1. The van der Waals surface area contributed by atoms with Crippen molar-refractivity contribution < 1.29 is 0 Å². The van der Waals surface area contributed by atoms with Gasteiger partial charge in [0, 0.05) is 29.8 Å². The van der Waals surface area contributed by atoms with Crippen LogP contribution in [0.4, 0.5) is 17.3 Å². The maximum absolute atomic E-state index is 5.75. The summed E-state index contributed by atoms with van der Waals surface area (Å²) < 4.78 is 0. The van der Waals surface area contributed by atoms with Crippen molar-refractivity contribution in [1.82, 2.24) is 15.0 Å². The summed E-state index contributed by atoms with van der Waals surface area (Å²) in [5.41, 5.74) is 9.30. The fraction of sp³-hybridized carbons (Fsp3) is 0. The van der Waals surface area contributed by atoms with Gasteiger partial charge in [0.05, 0.1) is 11.9 Å². The molecule has 5 heteroatoms. The van der Waals surface area contributed by atoms with E-state index in [0.29, 0.717) is 5.95 Å². The molecule has 5 nitrogen and oxygen atoms in total. The van der Waals surface area contributed by atoms with Gasteiger partial charge in [0.15, 0.2) is 0 Å². The molecule has 0 unspecified atom stereocenters. The highest BCUT2D eigenvalue weighted by atomic mass is 15.1. The molecule has 0 bridgehead atoms. The standard InChI is InChI=1S/C17H15N5/c18-15-4-1-3-13(9-15)6-7-14-10-20-17(21-11-14)22-16-5-2-8-19-12-16/h1-12H,18H2,(H,20,21,22)/b7-6+. The molecule has 0 amide bonds. The summed E-state index contributed by atoms with van der Waals surface area (Å²) in [4.78, 5) is 12.6. The minimum absolute atomic E-state index is 0.536. The largest absolute Gasteiger partial charge is 0.399 e. The van der Waals surface area contributed by atoms with Crippen LogP contribution in [0.25, 0.3) is 12.2 Å². The second-order valence-electron chi connectivity index (χ2n) is 4.71. The number of pyridine rings is 1. The van der Waals surface area contributed by atoms with Gasteiger partial charge in [0.1, 0.15) is 0 Å². The minimum Gasteiger partial charge on any atom is -0.399 e. The van der Waals surface area contributed by atoms with E-state index in [2.05, 4.69) is 20.3 Å². The summed E-state index contributed by atoms with van der Waals surface area (Å²) in [6, 6.07) is 11.4. The first-order chi connectivity index (χ1) is 10.8. The molecule has 3 rings (SSSR count). The van der Waals surface area contributed by atoms with Crippen molar-refractivity contribution in [2.45, 2.75) is 0 Å². The molecule has 0 radical (unpaired) electrons. The van der Waals surface area contributed by atoms with Crippen LogP contribution in [0.2, 0.25) is 0 Å². The molecule has 22 heavy (non-hydrogen) atoms. The molecule has 0 atom stereocenters. The van der Waals surface area contributed by atoms with Gasteiger partial charge in [-0.15, -0.1) is 0 Å². The fourth-order valence-electron chi connectivity index (χ4n) is 1.91. The third-order valence-corrected chi connectivity index (χ3v) is 2.97. The first kappa shape index (κ1) is 13.8. The number of hydrogen-bond donors (Lipinski definition) is 2. The zero-order chi connectivity index (χ0) is 15.2. The van der Waals surface area contributed by atoms with E-state index in [1.165, 1.54) is 0 Å². The van der Waals surface area contributed by atoms with Crippen LogP contribution >= 0.6 is 0 Å². The van der Waals surface area contributed by atoms with E-state index in [1.54, 1.807) is 24.8 Å². The molecule has 0 saturated carbocycles. The van der Waals surface area contributed by atoms with Crippen LogP contribution in [-0.4, -0.2) is 15.0 Å². The monoisotopic (exact) mass is 289 g/mol. The molecule has 0 spiro atoms. The van der Waals surface area contributed by atoms with Crippen LogP contribution in [0.1, 0.15) is 11.1 Å². The van der Waals surface area contributed by atoms with E-state index in [4.69, 9.17) is 5.73 Å². The summed E-state index contributed by atoms with van der Waals surface area (Å²) >= 11 is 0. The normalized spacial score (nSPS) is 10.7. The molecule has 0 aliphatic rings. The van der Waals surface area contributed by atoms with Crippen molar-refractivity contribution in [1.29, 1.82) is 0 Å². The maximum Gasteiger partial charge on any atom is 0.227 e. The summed E-state index contributed by atoms with van der Waals surface area (Å²) in [6.45, 7) is 0. The van der Waals surface area contributed by atoms with Crippen molar-refractivity contribution in [3.8, 4) is 0 Å². The smallest absolute Gasteiger partial charge is 0.227 e. The molecule has 0 fully saturated rings. The van der Waals surface area contributed by atoms with Crippen molar-refractivity contribution in [3.05, 3.63) is 72.3 Å². The Morgan fingerprint density at radius 2 is 1.73 bits per heavy atom. The number of nitrogens with two attached hydrogens (primary N) is 1.